The molecule has 32 heavy (non-hydrogen) atoms. The van der Waals surface area contributed by atoms with Gasteiger partial charge in [0.1, 0.15) is 12.4 Å². The number of nitrogen functional groups attached to an aromatic ring is 1. The second-order valence-corrected chi connectivity index (χ2v) is 7.30. The van der Waals surface area contributed by atoms with Gasteiger partial charge in [0.2, 0.25) is 0 Å². The molecular formula is C25H26N4O3. The number of nitrogens with two attached hydrogens (primary N) is 1. The maximum Gasteiger partial charge on any atom is 0.329 e. The largest absolute Gasteiger partial charge is 0.480 e. The first-order valence-corrected chi connectivity index (χ1v) is 10.2. The first kappa shape index (κ1) is 22.6. The molecule has 1 heterocycles. The van der Waals surface area contributed by atoms with E-state index in [1.807, 2.05) is 67.6 Å². The topological polar surface area (TPSA) is 114 Å². The number of hydrogen-bond donors (Lipinski definition) is 3. The fourth-order valence-electron chi connectivity index (χ4n) is 3.63. The highest BCUT2D eigenvalue weighted by atomic mass is 16.4. The summed E-state index contributed by atoms with van der Waals surface area (Å²) >= 11 is 0. The molecule has 0 saturated carbocycles. The van der Waals surface area contributed by atoms with Gasteiger partial charge in [-0.1, -0.05) is 54.6 Å². The molecule has 0 saturated heterocycles. The normalized spacial score (nSPS) is 12.6. The van der Waals surface area contributed by atoms with Gasteiger partial charge in [-0.25, -0.2) is 4.79 Å². The van der Waals surface area contributed by atoms with E-state index in [1.165, 1.54) is 4.57 Å². The Bertz CT molecular complexity index is 1380. The first-order valence-electron chi connectivity index (χ1n) is 10.2. The quantitative estimate of drug-likeness (QED) is 0.392. The third kappa shape index (κ3) is 4.78. The van der Waals surface area contributed by atoms with Crippen molar-refractivity contribution in [2.75, 3.05) is 0 Å². The van der Waals surface area contributed by atoms with Crippen LogP contribution in [-0.2, 0) is 17.9 Å². The number of carbonyl (C=O) groups is 1. The van der Waals surface area contributed by atoms with E-state index in [-0.39, 0.29) is 18.1 Å². The first-order chi connectivity index (χ1) is 15.3. The molecule has 7 nitrogen and oxygen atoms in total. The highest BCUT2D eigenvalue weighted by Gasteiger charge is 2.13. The Morgan fingerprint density at radius 2 is 1.75 bits per heavy atom. The molecule has 0 aliphatic carbocycles. The predicted octanol–water partition coefficient (Wildman–Crippen LogP) is 1.89. The van der Waals surface area contributed by atoms with E-state index >= 15 is 0 Å². The summed E-state index contributed by atoms with van der Waals surface area (Å²) in [6.45, 7) is 3.55. The Balaban J connectivity index is 2.12. The zero-order chi connectivity index (χ0) is 23.3. The molecule has 0 atom stereocenters. The lowest BCUT2D eigenvalue weighted by molar-refractivity contribution is -0.137. The fourth-order valence-corrected chi connectivity index (χ4v) is 3.63. The Morgan fingerprint density at radius 3 is 2.38 bits per heavy atom. The molecule has 7 heteroatoms. The average molecular weight is 431 g/mol. The minimum absolute atomic E-state index is 0.00169. The number of aromatic nitrogens is 2. The van der Waals surface area contributed by atoms with Crippen molar-refractivity contribution in [2.24, 2.45) is 5.73 Å². The number of nitrogens with one attached hydrogen (secondary N) is 1. The second kappa shape index (κ2) is 9.78. The minimum Gasteiger partial charge on any atom is -0.480 e. The lowest BCUT2D eigenvalue weighted by Gasteiger charge is -2.08. The number of allylic oxidation sites excluding steroid dienone is 2. The SMILES string of the molecule is C\C=C/C=c1\c(=C/C)n(CC(=O)O)c(=O)n1Cc1cccc(-c2cccc(C(=N)N)c2)c1. The van der Waals surface area contributed by atoms with Crippen molar-refractivity contribution >= 4 is 24.0 Å². The lowest BCUT2D eigenvalue weighted by atomic mass is 10.0. The van der Waals surface area contributed by atoms with Crippen LogP contribution < -0.4 is 22.1 Å². The minimum atomic E-state index is -1.07. The number of nitrogens with zero attached hydrogens (tertiary/aromatic N) is 2. The van der Waals surface area contributed by atoms with Crippen LogP contribution in [-0.4, -0.2) is 26.0 Å². The van der Waals surface area contributed by atoms with E-state index in [1.54, 1.807) is 23.6 Å². The molecule has 1 aromatic heterocycles. The summed E-state index contributed by atoms with van der Waals surface area (Å²) in [5, 5.41) is 18.2. The van der Waals surface area contributed by atoms with Crippen molar-refractivity contribution in [3.8, 4) is 11.1 Å². The van der Waals surface area contributed by atoms with Crippen molar-refractivity contribution in [1.29, 1.82) is 5.41 Å². The summed E-state index contributed by atoms with van der Waals surface area (Å²) in [5.74, 6) is -1.07. The maximum absolute atomic E-state index is 13.1. The average Bonchev–Trinajstić information content (AvgIpc) is 3.02. The van der Waals surface area contributed by atoms with Gasteiger partial charge in [0.05, 0.1) is 17.2 Å². The summed E-state index contributed by atoms with van der Waals surface area (Å²) in [6.07, 6.45) is 7.24. The van der Waals surface area contributed by atoms with Crippen molar-refractivity contribution in [3.05, 3.63) is 93.0 Å². The number of benzene rings is 2. The van der Waals surface area contributed by atoms with Gasteiger partial charge >= 0.3 is 11.7 Å². The van der Waals surface area contributed by atoms with E-state index in [4.69, 9.17) is 11.1 Å². The Morgan fingerprint density at radius 1 is 1.06 bits per heavy atom. The zero-order valence-corrected chi connectivity index (χ0v) is 18.1. The van der Waals surface area contributed by atoms with Crippen LogP contribution in [0.1, 0.15) is 25.0 Å². The van der Waals surface area contributed by atoms with E-state index in [9.17, 15) is 14.7 Å². The van der Waals surface area contributed by atoms with Crippen molar-refractivity contribution in [2.45, 2.75) is 26.9 Å². The molecule has 4 N–H and O–H groups in total. The van der Waals surface area contributed by atoms with Crippen LogP contribution in [0.3, 0.4) is 0 Å². The standard InChI is InChI=1S/C25H26N4O3/c1-3-5-12-22-21(4-2)29(16-23(30)31)25(32)28(22)15-17-8-6-9-18(13-17)19-10-7-11-20(14-19)24(26)27/h3-14H,15-16H2,1-2H3,(H3,26,27)(H,30,31)/b5-3-,21-4+,22-12+. The molecular weight excluding hydrogens is 404 g/mol. The van der Waals surface area contributed by atoms with Gasteiger partial charge in [0, 0.05) is 5.56 Å². The predicted molar refractivity (Wildman–Crippen MR) is 127 cm³/mol. The summed E-state index contributed by atoms with van der Waals surface area (Å²) < 4.78 is 2.86. The zero-order valence-electron chi connectivity index (χ0n) is 18.1. The van der Waals surface area contributed by atoms with Crippen LogP contribution in [0.4, 0.5) is 0 Å². The molecule has 2 aromatic carbocycles. The van der Waals surface area contributed by atoms with Crippen LogP contribution in [0, 0.1) is 5.41 Å². The molecule has 3 aromatic rings. The van der Waals surface area contributed by atoms with Gasteiger partial charge in [0.15, 0.2) is 0 Å². The van der Waals surface area contributed by atoms with Gasteiger partial charge in [-0.3, -0.25) is 19.3 Å². The van der Waals surface area contributed by atoms with Gasteiger partial charge < -0.3 is 10.8 Å². The summed E-state index contributed by atoms with van der Waals surface area (Å²) in [4.78, 5) is 24.4. The van der Waals surface area contributed by atoms with Gasteiger partial charge in [-0.2, -0.15) is 0 Å². The summed E-state index contributed by atoms with van der Waals surface area (Å²) in [5.41, 5.74) is 8.63. The maximum atomic E-state index is 13.1. The Hall–Kier alpha value is -4.13. The smallest absolute Gasteiger partial charge is 0.329 e. The van der Waals surface area contributed by atoms with E-state index in [0.717, 1.165) is 16.7 Å². The molecule has 3 rings (SSSR count). The summed E-state index contributed by atoms with van der Waals surface area (Å²) in [7, 11) is 0. The molecule has 0 unspecified atom stereocenters. The van der Waals surface area contributed by atoms with E-state index in [0.29, 0.717) is 16.3 Å². The number of rotatable bonds is 7. The van der Waals surface area contributed by atoms with Crippen molar-refractivity contribution < 1.29 is 9.90 Å². The molecule has 0 radical (unpaired) electrons. The highest BCUT2D eigenvalue weighted by Crippen LogP contribution is 2.21. The van der Waals surface area contributed by atoms with Gasteiger partial charge in [-0.15, -0.1) is 0 Å². The third-order valence-corrected chi connectivity index (χ3v) is 5.09. The van der Waals surface area contributed by atoms with E-state index < -0.39 is 12.5 Å². The van der Waals surface area contributed by atoms with Crippen LogP contribution >= 0.6 is 0 Å². The second-order valence-electron chi connectivity index (χ2n) is 7.30. The molecule has 0 spiro atoms. The molecule has 0 bridgehead atoms. The number of hydrogen-bond acceptors (Lipinski definition) is 3. The monoisotopic (exact) mass is 430 g/mol. The highest BCUT2D eigenvalue weighted by molar-refractivity contribution is 5.96. The number of carboxylic acids is 1. The number of imidazole rings is 1. The van der Waals surface area contributed by atoms with Crippen LogP contribution in [0.25, 0.3) is 23.3 Å². The molecule has 0 amide bonds. The molecule has 0 aliphatic heterocycles. The number of aliphatic carboxylic acids is 1. The third-order valence-electron chi connectivity index (χ3n) is 5.09. The van der Waals surface area contributed by atoms with Gasteiger partial charge in [-0.05, 0) is 48.7 Å². The van der Waals surface area contributed by atoms with Crippen LogP contribution in [0.5, 0.6) is 0 Å². The molecule has 0 fully saturated rings. The number of carboxylic acid groups (broad SMARTS) is 1. The van der Waals surface area contributed by atoms with E-state index in [2.05, 4.69) is 0 Å². The van der Waals surface area contributed by atoms with Crippen molar-refractivity contribution in [3.63, 3.8) is 0 Å². The number of amidine groups is 1. The Labute approximate surface area is 185 Å². The lowest BCUT2D eigenvalue weighted by Crippen LogP contribution is -2.34. The van der Waals surface area contributed by atoms with Gasteiger partial charge in [0.25, 0.3) is 0 Å². The van der Waals surface area contributed by atoms with Crippen LogP contribution in [0.2, 0.25) is 0 Å². The Kier molecular flexibility index (Phi) is 6.90. The van der Waals surface area contributed by atoms with Crippen molar-refractivity contribution in [1.82, 2.24) is 9.13 Å². The summed E-state index contributed by atoms with van der Waals surface area (Å²) in [6, 6.07) is 15.2. The molecule has 164 valence electrons. The van der Waals surface area contributed by atoms with Crippen LogP contribution in [0.15, 0.2) is 65.5 Å². The fraction of sp³-hybridized carbons (Fsp3) is 0.160. The molecule has 0 aliphatic rings.